The smallest absolute Gasteiger partial charge is 0.241 e. The summed E-state index contributed by atoms with van der Waals surface area (Å²) in [6, 6.07) is 0. The minimum Gasteiger partial charge on any atom is -0.347 e. The van der Waals surface area contributed by atoms with Gasteiger partial charge in [-0.1, -0.05) is 12.8 Å². The van der Waals surface area contributed by atoms with Crippen LogP contribution in [0.15, 0.2) is 0 Å². The number of likely N-dealkylation sites (tertiary alicyclic amines) is 1. The van der Waals surface area contributed by atoms with Crippen LogP contribution in [0.1, 0.15) is 38.5 Å². The highest BCUT2D eigenvalue weighted by molar-refractivity contribution is 5.88. The number of amides is 2. The van der Waals surface area contributed by atoms with Crippen LogP contribution in [0.4, 0.5) is 0 Å². The number of nitrogens with two attached hydrogens (primary N) is 1. The first-order valence-electron chi connectivity index (χ1n) is 6.94. The molecule has 1 saturated heterocycles. The van der Waals surface area contributed by atoms with Gasteiger partial charge >= 0.3 is 0 Å². The molecule has 5 nitrogen and oxygen atoms in total. The SMILES string of the molecule is Cl.NCC1(C(=O)NCC(=O)N2CCCC2)CCCC1. The van der Waals surface area contributed by atoms with Crippen molar-refractivity contribution in [2.75, 3.05) is 26.2 Å². The summed E-state index contributed by atoms with van der Waals surface area (Å²) in [7, 11) is 0. The second-order valence-corrected chi connectivity index (χ2v) is 5.46. The molecule has 1 aliphatic carbocycles. The molecule has 3 N–H and O–H groups in total. The molecule has 0 aromatic carbocycles. The third-order valence-electron chi connectivity index (χ3n) is 4.29. The predicted octanol–water partition coefficient (Wildman–Crippen LogP) is 0.666. The predicted molar refractivity (Wildman–Crippen MR) is 76.0 cm³/mol. The lowest BCUT2D eigenvalue weighted by atomic mass is 9.85. The highest BCUT2D eigenvalue weighted by Crippen LogP contribution is 2.37. The van der Waals surface area contributed by atoms with Crippen molar-refractivity contribution in [1.29, 1.82) is 0 Å². The van der Waals surface area contributed by atoms with Crippen molar-refractivity contribution < 1.29 is 9.59 Å². The molecule has 1 heterocycles. The Bertz CT molecular complexity index is 324. The van der Waals surface area contributed by atoms with E-state index in [2.05, 4.69) is 5.32 Å². The first kappa shape index (κ1) is 16.2. The molecule has 0 bridgehead atoms. The van der Waals surface area contributed by atoms with E-state index in [4.69, 9.17) is 5.73 Å². The summed E-state index contributed by atoms with van der Waals surface area (Å²) in [5.74, 6) is 0.000986. The van der Waals surface area contributed by atoms with Gasteiger partial charge < -0.3 is 16.0 Å². The molecule has 1 saturated carbocycles. The molecular weight excluding hydrogens is 266 g/mol. The van der Waals surface area contributed by atoms with E-state index in [9.17, 15) is 9.59 Å². The maximum Gasteiger partial charge on any atom is 0.241 e. The van der Waals surface area contributed by atoms with Gasteiger partial charge in [0.05, 0.1) is 12.0 Å². The van der Waals surface area contributed by atoms with E-state index in [-0.39, 0.29) is 30.8 Å². The fourth-order valence-electron chi connectivity index (χ4n) is 3.00. The normalized spacial score (nSPS) is 21.0. The Balaban J connectivity index is 0.00000180. The fourth-order valence-corrected chi connectivity index (χ4v) is 3.00. The van der Waals surface area contributed by atoms with Crippen LogP contribution < -0.4 is 11.1 Å². The number of carbonyl (C=O) groups is 2. The number of carbonyl (C=O) groups excluding carboxylic acids is 2. The topological polar surface area (TPSA) is 75.4 Å². The first-order chi connectivity index (χ1) is 8.68. The van der Waals surface area contributed by atoms with Crippen LogP contribution in [0, 0.1) is 5.41 Å². The molecule has 2 amide bonds. The van der Waals surface area contributed by atoms with Crippen LogP contribution in [-0.4, -0.2) is 42.9 Å². The lowest BCUT2D eigenvalue weighted by Crippen LogP contribution is -2.47. The monoisotopic (exact) mass is 289 g/mol. The third kappa shape index (κ3) is 3.60. The summed E-state index contributed by atoms with van der Waals surface area (Å²) in [6.45, 7) is 2.17. The number of nitrogens with one attached hydrogen (secondary N) is 1. The zero-order valence-electron chi connectivity index (χ0n) is 11.3. The number of hydrogen-bond donors (Lipinski definition) is 2. The summed E-state index contributed by atoms with van der Waals surface area (Å²) >= 11 is 0. The van der Waals surface area contributed by atoms with Crippen LogP contribution in [0.5, 0.6) is 0 Å². The Morgan fingerprint density at radius 2 is 1.68 bits per heavy atom. The summed E-state index contributed by atoms with van der Waals surface area (Å²) in [5.41, 5.74) is 5.33. The summed E-state index contributed by atoms with van der Waals surface area (Å²) in [6.07, 6.45) is 5.98. The van der Waals surface area contributed by atoms with E-state index >= 15 is 0 Å². The van der Waals surface area contributed by atoms with Crippen LogP contribution in [-0.2, 0) is 9.59 Å². The fraction of sp³-hybridized carbons (Fsp3) is 0.846. The minimum absolute atomic E-state index is 0. The highest BCUT2D eigenvalue weighted by atomic mass is 35.5. The number of rotatable bonds is 4. The van der Waals surface area contributed by atoms with Gasteiger partial charge in [0.15, 0.2) is 0 Å². The maximum atomic E-state index is 12.2. The molecule has 0 spiro atoms. The average Bonchev–Trinajstić information content (AvgIpc) is 3.06. The lowest BCUT2D eigenvalue weighted by Gasteiger charge is -2.26. The summed E-state index contributed by atoms with van der Waals surface area (Å²) < 4.78 is 0. The van der Waals surface area contributed by atoms with Crippen LogP contribution in [0.3, 0.4) is 0 Å². The van der Waals surface area contributed by atoms with E-state index in [0.717, 1.165) is 51.6 Å². The van der Waals surface area contributed by atoms with E-state index in [0.29, 0.717) is 6.54 Å². The second kappa shape index (κ2) is 7.10. The van der Waals surface area contributed by atoms with Crippen molar-refractivity contribution in [3.05, 3.63) is 0 Å². The van der Waals surface area contributed by atoms with E-state index in [1.807, 2.05) is 4.90 Å². The zero-order chi connectivity index (χ0) is 13.0. The van der Waals surface area contributed by atoms with E-state index in [1.54, 1.807) is 0 Å². The first-order valence-corrected chi connectivity index (χ1v) is 6.94. The number of hydrogen-bond acceptors (Lipinski definition) is 3. The molecule has 6 heteroatoms. The molecule has 0 aromatic rings. The van der Waals surface area contributed by atoms with Crippen LogP contribution >= 0.6 is 12.4 Å². The van der Waals surface area contributed by atoms with Gasteiger partial charge in [-0.15, -0.1) is 12.4 Å². The quantitative estimate of drug-likeness (QED) is 0.798. The van der Waals surface area contributed by atoms with Gasteiger partial charge in [-0.2, -0.15) is 0 Å². The molecule has 110 valence electrons. The minimum atomic E-state index is -0.411. The van der Waals surface area contributed by atoms with Crippen molar-refractivity contribution in [1.82, 2.24) is 10.2 Å². The van der Waals surface area contributed by atoms with E-state index < -0.39 is 5.41 Å². The van der Waals surface area contributed by atoms with Crippen molar-refractivity contribution in [2.24, 2.45) is 11.1 Å². The highest BCUT2D eigenvalue weighted by Gasteiger charge is 2.39. The standard InChI is InChI=1S/C13H23N3O2.ClH/c14-10-13(5-1-2-6-13)12(18)15-9-11(17)16-7-3-4-8-16;/h1-10,14H2,(H,15,18);1H. The van der Waals surface area contributed by atoms with Crippen LogP contribution in [0.25, 0.3) is 0 Å². The molecule has 2 aliphatic rings. The second-order valence-electron chi connectivity index (χ2n) is 5.46. The van der Waals surface area contributed by atoms with Gasteiger partial charge in [-0.25, -0.2) is 0 Å². The van der Waals surface area contributed by atoms with Crippen LogP contribution in [0.2, 0.25) is 0 Å². The summed E-state index contributed by atoms with van der Waals surface area (Å²) in [4.78, 5) is 25.8. The lowest BCUT2D eigenvalue weighted by molar-refractivity contribution is -0.135. The van der Waals surface area contributed by atoms with Gasteiger partial charge in [-0.05, 0) is 25.7 Å². The number of nitrogens with zero attached hydrogens (tertiary/aromatic N) is 1. The van der Waals surface area contributed by atoms with Crippen molar-refractivity contribution in [3.8, 4) is 0 Å². The third-order valence-corrected chi connectivity index (χ3v) is 4.29. The maximum absolute atomic E-state index is 12.2. The zero-order valence-corrected chi connectivity index (χ0v) is 12.1. The Morgan fingerprint density at radius 3 is 2.21 bits per heavy atom. The van der Waals surface area contributed by atoms with E-state index in [1.165, 1.54) is 0 Å². The molecule has 0 unspecified atom stereocenters. The van der Waals surface area contributed by atoms with Gasteiger partial charge in [0.25, 0.3) is 0 Å². The largest absolute Gasteiger partial charge is 0.347 e. The van der Waals surface area contributed by atoms with Crippen molar-refractivity contribution in [2.45, 2.75) is 38.5 Å². The Morgan fingerprint density at radius 1 is 1.11 bits per heavy atom. The Kier molecular flexibility index (Phi) is 6.07. The summed E-state index contributed by atoms with van der Waals surface area (Å²) in [5, 5.41) is 2.78. The van der Waals surface area contributed by atoms with Crippen molar-refractivity contribution >= 4 is 24.2 Å². The molecule has 0 aromatic heterocycles. The molecule has 2 fully saturated rings. The average molecular weight is 290 g/mol. The molecular formula is C13H24ClN3O2. The molecule has 1 aliphatic heterocycles. The molecule has 19 heavy (non-hydrogen) atoms. The van der Waals surface area contributed by atoms with Crippen molar-refractivity contribution in [3.63, 3.8) is 0 Å². The number of halogens is 1. The Hall–Kier alpha value is -0.810. The molecule has 2 rings (SSSR count). The van der Waals surface area contributed by atoms with Gasteiger partial charge in [-0.3, -0.25) is 9.59 Å². The molecule has 0 radical (unpaired) electrons. The Labute approximate surface area is 120 Å². The van der Waals surface area contributed by atoms with Gasteiger partial charge in [0.2, 0.25) is 11.8 Å². The molecule has 0 atom stereocenters. The van der Waals surface area contributed by atoms with Gasteiger partial charge in [0.1, 0.15) is 0 Å². The van der Waals surface area contributed by atoms with Gasteiger partial charge in [0, 0.05) is 19.6 Å².